The van der Waals surface area contributed by atoms with Crippen molar-refractivity contribution in [2.45, 2.75) is 5.09 Å². The molecule has 0 aliphatic carbocycles. The highest BCUT2D eigenvalue weighted by Gasteiger charge is 2.19. The van der Waals surface area contributed by atoms with Crippen molar-refractivity contribution >= 4 is 15.9 Å². The van der Waals surface area contributed by atoms with Gasteiger partial charge in [0.1, 0.15) is 0 Å². The van der Waals surface area contributed by atoms with Gasteiger partial charge in [-0.15, -0.1) is 0 Å². The standard InChI is InChI=1S/C10H16N2O6S/c1-11-19(15,16)9-3-2-8(18-9)10(14)12-4-6-17-7-5-13/h2-3,11,13H,4-7H2,1H3,(H,12,14). The zero-order chi connectivity index (χ0) is 14.3. The summed E-state index contributed by atoms with van der Waals surface area (Å²) < 4.78 is 34.7. The monoisotopic (exact) mass is 292 g/mol. The summed E-state index contributed by atoms with van der Waals surface area (Å²) in [7, 11) is -2.45. The minimum atomic E-state index is -3.69. The maximum Gasteiger partial charge on any atom is 0.287 e. The molecule has 0 aromatic carbocycles. The number of carbonyl (C=O) groups is 1. The first-order valence-electron chi connectivity index (χ1n) is 5.51. The summed E-state index contributed by atoms with van der Waals surface area (Å²) in [5.74, 6) is -0.638. The summed E-state index contributed by atoms with van der Waals surface area (Å²) in [5, 5.41) is 10.6. The molecule has 1 heterocycles. The Hall–Kier alpha value is -1.42. The number of hydrogen-bond acceptors (Lipinski definition) is 6. The lowest BCUT2D eigenvalue weighted by Crippen LogP contribution is -2.27. The molecule has 0 fully saturated rings. The van der Waals surface area contributed by atoms with Crippen LogP contribution in [0.25, 0.3) is 0 Å². The average molecular weight is 292 g/mol. The van der Waals surface area contributed by atoms with Crippen molar-refractivity contribution in [3.8, 4) is 0 Å². The highest BCUT2D eigenvalue weighted by atomic mass is 32.2. The largest absolute Gasteiger partial charge is 0.438 e. The van der Waals surface area contributed by atoms with E-state index in [-0.39, 0.29) is 37.2 Å². The predicted molar refractivity (Wildman–Crippen MR) is 65.2 cm³/mol. The molecule has 1 aromatic rings. The number of rotatable bonds is 8. The smallest absolute Gasteiger partial charge is 0.287 e. The first-order chi connectivity index (χ1) is 9.01. The maximum atomic E-state index is 11.6. The Balaban J connectivity index is 2.50. The van der Waals surface area contributed by atoms with Crippen LogP contribution in [0, 0.1) is 0 Å². The van der Waals surface area contributed by atoms with Gasteiger partial charge in [0.25, 0.3) is 15.9 Å². The van der Waals surface area contributed by atoms with Gasteiger partial charge in [0.15, 0.2) is 5.76 Å². The minimum absolute atomic E-state index is 0.0859. The van der Waals surface area contributed by atoms with Gasteiger partial charge in [-0.05, 0) is 19.2 Å². The lowest BCUT2D eigenvalue weighted by molar-refractivity contribution is 0.0818. The quantitative estimate of drug-likeness (QED) is 0.525. The number of furan rings is 1. The van der Waals surface area contributed by atoms with Crippen LogP contribution in [0.4, 0.5) is 0 Å². The van der Waals surface area contributed by atoms with Crippen molar-refractivity contribution < 1.29 is 27.5 Å². The summed E-state index contributed by atoms with van der Waals surface area (Å²) in [4.78, 5) is 11.6. The van der Waals surface area contributed by atoms with E-state index < -0.39 is 15.9 Å². The maximum absolute atomic E-state index is 11.6. The summed E-state index contributed by atoms with van der Waals surface area (Å²) in [6, 6.07) is 2.47. The average Bonchev–Trinajstić information content (AvgIpc) is 2.88. The van der Waals surface area contributed by atoms with Crippen molar-refractivity contribution in [3.05, 3.63) is 17.9 Å². The number of aliphatic hydroxyl groups is 1. The molecule has 8 nitrogen and oxygen atoms in total. The molecule has 0 unspecified atom stereocenters. The Morgan fingerprint density at radius 2 is 2.16 bits per heavy atom. The molecule has 0 spiro atoms. The molecule has 108 valence electrons. The zero-order valence-corrected chi connectivity index (χ0v) is 11.2. The SMILES string of the molecule is CNS(=O)(=O)c1ccc(C(=O)NCCOCCO)o1. The van der Waals surface area contributed by atoms with Gasteiger partial charge in [0.05, 0.1) is 19.8 Å². The van der Waals surface area contributed by atoms with E-state index in [4.69, 9.17) is 14.3 Å². The number of aliphatic hydroxyl groups excluding tert-OH is 1. The number of ether oxygens (including phenoxy) is 1. The van der Waals surface area contributed by atoms with E-state index in [1.165, 1.54) is 19.2 Å². The van der Waals surface area contributed by atoms with E-state index in [2.05, 4.69) is 10.0 Å². The molecule has 0 saturated heterocycles. The van der Waals surface area contributed by atoms with E-state index in [9.17, 15) is 13.2 Å². The van der Waals surface area contributed by atoms with E-state index >= 15 is 0 Å². The lowest BCUT2D eigenvalue weighted by Gasteiger charge is -2.03. The highest BCUT2D eigenvalue weighted by Crippen LogP contribution is 2.13. The van der Waals surface area contributed by atoms with Crippen LogP contribution < -0.4 is 10.0 Å². The number of amides is 1. The van der Waals surface area contributed by atoms with Crippen LogP contribution in [0.3, 0.4) is 0 Å². The second-order valence-corrected chi connectivity index (χ2v) is 5.24. The number of sulfonamides is 1. The van der Waals surface area contributed by atoms with E-state index in [1.807, 2.05) is 0 Å². The fraction of sp³-hybridized carbons (Fsp3) is 0.500. The Morgan fingerprint density at radius 1 is 1.42 bits per heavy atom. The molecular weight excluding hydrogens is 276 g/mol. The Kier molecular flexibility index (Phi) is 5.96. The van der Waals surface area contributed by atoms with Crippen molar-refractivity contribution in [1.29, 1.82) is 0 Å². The Bertz CT molecular complexity index is 510. The van der Waals surface area contributed by atoms with Gasteiger partial charge in [-0.1, -0.05) is 0 Å². The minimum Gasteiger partial charge on any atom is -0.438 e. The van der Waals surface area contributed by atoms with Gasteiger partial charge < -0.3 is 19.6 Å². The molecule has 0 saturated carbocycles. The molecule has 19 heavy (non-hydrogen) atoms. The second-order valence-electron chi connectivity index (χ2n) is 3.42. The van der Waals surface area contributed by atoms with Crippen molar-refractivity contribution in [2.75, 3.05) is 33.4 Å². The third kappa shape index (κ3) is 4.63. The molecule has 0 radical (unpaired) electrons. The third-order valence-corrected chi connectivity index (χ3v) is 3.39. The summed E-state index contributed by atoms with van der Waals surface area (Å²) in [6.45, 7) is 0.584. The van der Waals surface area contributed by atoms with Gasteiger partial charge in [-0.25, -0.2) is 13.1 Å². The van der Waals surface area contributed by atoms with Gasteiger partial charge >= 0.3 is 0 Å². The van der Waals surface area contributed by atoms with Crippen LogP contribution in [0.15, 0.2) is 21.6 Å². The number of hydrogen-bond donors (Lipinski definition) is 3. The Morgan fingerprint density at radius 3 is 2.79 bits per heavy atom. The molecule has 3 N–H and O–H groups in total. The van der Waals surface area contributed by atoms with Gasteiger partial charge in [0, 0.05) is 6.54 Å². The normalized spacial score (nSPS) is 11.5. The van der Waals surface area contributed by atoms with Crippen LogP contribution in [0.1, 0.15) is 10.6 Å². The molecule has 0 aliphatic heterocycles. The highest BCUT2D eigenvalue weighted by molar-refractivity contribution is 7.89. The van der Waals surface area contributed by atoms with Crippen LogP contribution in [-0.2, 0) is 14.8 Å². The molecular formula is C10H16N2O6S. The van der Waals surface area contributed by atoms with Crippen molar-refractivity contribution in [3.63, 3.8) is 0 Å². The molecule has 1 rings (SSSR count). The predicted octanol–water partition coefficient (Wildman–Crippen LogP) is -1.07. The van der Waals surface area contributed by atoms with E-state index in [1.54, 1.807) is 0 Å². The van der Waals surface area contributed by atoms with Crippen LogP contribution in [0.5, 0.6) is 0 Å². The molecule has 1 aromatic heterocycles. The van der Waals surface area contributed by atoms with Gasteiger partial charge in [-0.3, -0.25) is 4.79 Å². The molecule has 9 heteroatoms. The fourth-order valence-corrected chi connectivity index (χ4v) is 1.83. The van der Waals surface area contributed by atoms with E-state index in [0.29, 0.717) is 0 Å². The Labute approximate surface area is 110 Å². The van der Waals surface area contributed by atoms with Crippen LogP contribution >= 0.6 is 0 Å². The molecule has 0 bridgehead atoms. The van der Waals surface area contributed by atoms with Gasteiger partial charge in [-0.2, -0.15) is 0 Å². The first kappa shape index (κ1) is 15.6. The lowest BCUT2D eigenvalue weighted by atomic mass is 10.4. The van der Waals surface area contributed by atoms with Crippen molar-refractivity contribution in [1.82, 2.24) is 10.0 Å². The van der Waals surface area contributed by atoms with E-state index in [0.717, 1.165) is 0 Å². The molecule has 0 atom stereocenters. The fourth-order valence-electron chi connectivity index (χ4n) is 1.18. The van der Waals surface area contributed by atoms with Crippen LogP contribution in [0.2, 0.25) is 0 Å². The van der Waals surface area contributed by atoms with Gasteiger partial charge in [0.2, 0.25) is 5.09 Å². The summed E-state index contributed by atoms with van der Waals surface area (Å²) in [5.41, 5.74) is 0. The molecule has 1 amide bonds. The number of carbonyl (C=O) groups excluding carboxylic acids is 1. The van der Waals surface area contributed by atoms with Crippen LogP contribution in [-0.4, -0.2) is 52.8 Å². The first-order valence-corrected chi connectivity index (χ1v) is 6.99. The second kappa shape index (κ2) is 7.24. The summed E-state index contributed by atoms with van der Waals surface area (Å²) in [6.07, 6.45) is 0. The number of nitrogens with one attached hydrogen (secondary N) is 2. The molecule has 0 aliphatic rings. The summed E-state index contributed by atoms with van der Waals surface area (Å²) >= 11 is 0. The third-order valence-electron chi connectivity index (χ3n) is 2.11. The van der Waals surface area contributed by atoms with Crippen molar-refractivity contribution in [2.24, 2.45) is 0 Å². The topological polar surface area (TPSA) is 118 Å². The zero-order valence-electron chi connectivity index (χ0n) is 10.4.